The lowest BCUT2D eigenvalue weighted by molar-refractivity contribution is -0.142. The number of nitrogens with one attached hydrogen (secondary N) is 2. The van der Waals surface area contributed by atoms with E-state index in [9.17, 15) is 19.5 Å². The number of carbonyl (C=O) groups is 3. The SMILES string of the molecule is CCc1ccc(C(C(=O)Nc2ccccc2C)N(CCO)C(=O)C(NC(=O)OC(C)(C)C)C(C)C)cc1. The van der Waals surface area contributed by atoms with E-state index in [1.807, 2.05) is 56.3 Å². The molecule has 2 rings (SSSR count). The number of aliphatic hydroxyl groups is 1. The van der Waals surface area contributed by atoms with Crippen LogP contribution in [0.1, 0.15) is 64.3 Å². The van der Waals surface area contributed by atoms with Gasteiger partial charge in [0.25, 0.3) is 5.91 Å². The fourth-order valence-electron chi connectivity index (χ4n) is 3.92. The van der Waals surface area contributed by atoms with Crippen molar-refractivity contribution in [2.45, 2.75) is 72.6 Å². The molecule has 3 amide bonds. The molecule has 2 aromatic carbocycles. The van der Waals surface area contributed by atoms with Crippen molar-refractivity contribution in [3.63, 3.8) is 0 Å². The molecule has 2 unspecified atom stereocenters. The largest absolute Gasteiger partial charge is 0.444 e. The fourth-order valence-corrected chi connectivity index (χ4v) is 3.92. The van der Waals surface area contributed by atoms with Gasteiger partial charge < -0.3 is 25.4 Å². The van der Waals surface area contributed by atoms with Gasteiger partial charge in [0.15, 0.2) is 0 Å². The number of hydrogen-bond donors (Lipinski definition) is 3. The van der Waals surface area contributed by atoms with E-state index >= 15 is 0 Å². The second kappa shape index (κ2) is 13.2. The van der Waals surface area contributed by atoms with Gasteiger partial charge in [-0.05, 0) is 62.8 Å². The normalized spacial score (nSPS) is 13.0. The quantitative estimate of drug-likeness (QED) is 0.432. The first-order chi connectivity index (χ1) is 17.4. The summed E-state index contributed by atoms with van der Waals surface area (Å²) in [6.07, 6.45) is 0.103. The second-order valence-corrected chi connectivity index (χ2v) is 10.4. The number of nitrogens with zero attached hydrogens (tertiary/aromatic N) is 1. The minimum Gasteiger partial charge on any atom is -0.444 e. The minimum absolute atomic E-state index is 0.0978. The van der Waals surface area contributed by atoms with E-state index < -0.39 is 35.6 Å². The Hall–Kier alpha value is -3.39. The molecular formula is C29H41N3O5. The molecule has 0 heterocycles. The van der Waals surface area contributed by atoms with Gasteiger partial charge in [-0.15, -0.1) is 0 Å². The summed E-state index contributed by atoms with van der Waals surface area (Å²) in [5.41, 5.74) is 2.46. The molecule has 0 saturated carbocycles. The highest BCUT2D eigenvalue weighted by molar-refractivity contribution is 5.99. The molecule has 8 nitrogen and oxygen atoms in total. The van der Waals surface area contributed by atoms with E-state index in [2.05, 4.69) is 10.6 Å². The van der Waals surface area contributed by atoms with Gasteiger partial charge in [0.1, 0.15) is 17.7 Å². The molecular weight excluding hydrogens is 470 g/mol. The van der Waals surface area contributed by atoms with Crippen LogP contribution in [0, 0.1) is 12.8 Å². The van der Waals surface area contributed by atoms with E-state index in [1.165, 1.54) is 4.90 Å². The van der Waals surface area contributed by atoms with Crippen molar-refractivity contribution in [2.24, 2.45) is 5.92 Å². The standard InChI is InChI=1S/C29H41N3O5/c1-8-21-13-15-22(16-14-21)25(26(34)30-23-12-10-9-11-20(23)4)32(17-18-33)27(35)24(19(2)3)31-28(36)37-29(5,6)7/h9-16,19,24-25,33H,8,17-18H2,1-7H3,(H,30,34)(H,31,36). The van der Waals surface area contributed by atoms with E-state index in [0.29, 0.717) is 11.3 Å². The van der Waals surface area contributed by atoms with Crippen LogP contribution < -0.4 is 10.6 Å². The topological polar surface area (TPSA) is 108 Å². The van der Waals surface area contributed by atoms with E-state index in [4.69, 9.17) is 4.74 Å². The molecule has 0 aromatic heterocycles. The number of hydrogen-bond acceptors (Lipinski definition) is 5. The van der Waals surface area contributed by atoms with Crippen LogP contribution in [0.5, 0.6) is 0 Å². The van der Waals surface area contributed by atoms with E-state index in [1.54, 1.807) is 40.7 Å². The zero-order chi connectivity index (χ0) is 27.8. The summed E-state index contributed by atoms with van der Waals surface area (Å²) in [5, 5.41) is 15.5. The van der Waals surface area contributed by atoms with Crippen molar-refractivity contribution in [2.75, 3.05) is 18.5 Å². The van der Waals surface area contributed by atoms with Crippen molar-refractivity contribution in [1.82, 2.24) is 10.2 Å². The molecule has 0 bridgehead atoms. The Bertz CT molecular complexity index is 1060. The third kappa shape index (κ3) is 8.60. The Morgan fingerprint density at radius 1 is 1.03 bits per heavy atom. The molecule has 8 heteroatoms. The predicted molar refractivity (Wildman–Crippen MR) is 145 cm³/mol. The van der Waals surface area contributed by atoms with E-state index in [-0.39, 0.29) is 19.1 Å². The first-order valence-electron chi connectivity index (χ1n) is 12.7. The van der Waals surface area contributed by atoms with Crippen molar-refractivity contribution in [3.05, 3.63) is 65.2 Å². The molecule has 202 valence electrons. The molecule has 2 aromatic rings. The van der Waals surface area contributed by atoms with Gasteiger partial charge in [0.05, 0.1) is 6.61 Å². The smallest absolute Gasteiger partial charge is 0.408 e. The Morgan fingerprint density at radius 3 is 2.16 bits per heavy atom. The maximum absolute atomic E-state index is 13.9. The number of aliphatic hydroxyl groups excluding tert-OH is 1. The van der Waals surface area contributed by atoms with Crippen LogP contribution in [0.25, 0.3) is 0 Å². The average molecular weight is 512 g/mol. The molecule has 0 aliphatic carbocycles. The number of carbonyl (C=O) groups excluding carboxylic acids is 3. The Labute approximate surface area is 220 Å². The number of alkyl carbamates (subject to hydrolysis) is 1. The van der Waals surface area contributed by atoms with Crippen molar-refractivity contribution in [1.29, 1.82) is 0 Å². The number of amides is 3. The summed E-state index contributed by atoms with van der Waals surface area (Å²) in [4.78, 5) is 41.5. The number of anilines is 1. The lowest BCUT2D eigenvalue weighted by Gasteiger charge is -2.35. The number of ether oxygens (including phenoxy) is 1. The highest BCUT2D eigenvalue weighted by Crippen LogP contribution is 2.26. The zero-order valence-corrected chi connectivity index (χ0v) is 23.0. The van der Waals surface area contributed by atoms with Gasteiger partial charge in [-0.1, -0.05) is 63.2 Å². The zero-order valence-electron chi connectivity index (χ0n) is 23.0. The molecule has 0 fully saturated rings. The van der Waals surface area contributed by atoms with Crippen LogP contribution in [0.15, 0.2) is 48.5 Å². The lowest BCUT2D eigenvalue weighted by atomic mass is 9.97. The lowest BCUT2D eigenvalue weighted by Crippen LogP contribution is -2.55. The Balaban J connectivity index is 2.50. The maximum atomic E-state index is 13.9. The minimum atomic E-state index is -1.04. The van der Waals surface area contributed by atoms with Gasteiger partial charge in [0.2, 0.25) is 5.91 Å². The average Bonchev–Trinajstić information content (AvgIpc) is 2.82. The summed E-state index contributed by atoms with van der Waals surface area (Å²) in [5.74, 6) is -1.21. The highest BCUT2D eigenvalue weighted by atomic mass is 16.6. The van der Waals surface area contributed by atoms with Gasteiger partial charge in [-0.3, -0.25) is 9.59 Å². The van der Waals surface area contributed by atoms with Crippen LogP contribution in [0.4, 0.5) is 10.5 Å². The van der Waals surface area contributed by atoms with Crippen LogP contribution in [0.2, 0.25) is 0 Å². The summed E-state index contributed by atoms with van der Waals surface area (Å²) < 4.78 is 5.37. The monoisotopic (exact) mass is 511 g/mol. The predicted octanol–water partition coefficient (Wildman–Crippen LogP) is 4.61. The van der Waals surface area contributed by atoms with Crippen molar-refractivity contribution >= 4 is 23.6 Å². The molecule has 37 heavy (non-hydrogen) atoms. The van der Waals surface area contributed by atoms with Crippen molar-refractivity contribution in [3.8, 4) is 0 Å². The molecule has 0 aliphatic rings. The first kappa shape index (κ1) is 29.8. The molecule has 2 atom stereocenters. The number of para-hydroxylation sites is 1. The maximum Gasteiger partial charge on any atom is 0.408 e. The summed E-state index contributed by atoms with van der Waals surface area (Å²) in [7, 11) is 0. The van der Waals surface area contributed by atoms with E-state index in [0.717, 1.165) is 17.5 Å². The molecule has 0 radical (unpaired) electrons. The summed E-state index contributed by atoms with van der Waals surface area (Å²) in [6.45, 7) is 12.3. The third-order valence-corrected chi connectivity index (χ3v) is 5.90. The Kier molecular flexibility index (Phi) is 10.7. The van der Waals surface area contributed by atoms with Gasteiger partial charge >= 0.3 is 6.09 Å². The summed E-state index contributed by atoms with van der Waals surface area (Å²) >= 11 is 0. The van der Waals surface area contributed by atoms with Gasteiger partial charge in [-0.2, -0.15) is 0 Å². The second-order valence-electron chi connectivity index (χ2n) is 10.4. The van der Waals surface area contributed by atoms with Crippen LogP contribution in [0.3, 0.4) is 0 Å². The van der Waals surface area contributed by atoms with Gasteiger partial charge in [-0.25, -0.2) is 4.79 Å². The number of rotatable bonds is 10. The first-order valence-corrected chi connectivity index (χ1v) is 12.7. The molecule has 0 spiro atoms. The number of aryl methyl sites for hydroxylation is 2. The highest BCUT2D eigenvalue weighted by Gasteiger charge is 2.37. The van der Waals surface area contributed by atoms with Crippen LogP contribution >= 0.6 is 0 Å². The summed E-state index contributed by atoms with van der Waals surface area (Å²) in [6, 6.07) is 12.9. The third-order valence-electron chi connectivity index (χ3n) is 5.90. The molecule has 0 aliphatic heterocycles. The van der Waals surface area contributed by atoms with Crippen LogP contribution in [-0.2, 0) is 20.7 Å². The fraction of sp³-hybridized carbons (Fsp3) is 0.483. The van der Waals surface area contributed by atoms with Crippen LogP contribution in [-0.4, -0.2) is 52.7 Å². The number of benzene rings is 2. The van der Waals surface area contributed by atoms with Gasteiger partial charge in [0, 0.05) is 12.2 Å². The molecule has 0 saturated heterocycles. The Morgan fingerprint density at radius 2 is 1.65 bits per heavy atom. The van der Waals surface area contributed by atoms with Crippen molar-refractivity contribution < 1.29 is 24.2 Å². The molecule has 3 N–H and O–H groups in total.